The van der Waals surface area contributed by atoms with Gasteiger partial charge in [0.1, 0.15) is 5.75 Å². The fourth-order valence-corrected chi connectivity index (χ4v) is 2.59. The van der Waals surface area contributed by atoms with Crippen LogP contribution >= 0.6 is 0 Å². The highest BCUT2D eigenvalue weighted by atomic mass is 28.2. The summed E-state index contributed by atoms with van der Waals surface area (Å²) in [5.41, 5.74) is 4.69. The summed E-state index contributed by atoms with van der Waals surface area (Å²) in [6, 6.07) is 4.21. The van der Waals surface area contributed by atoms with Gasteiger partial charge in [0.15, 0.2) is 0 Å². The number of benzene rings is 1. The van der Waals surface area contributed by atoms with Crippen LogP contribution in [-0.2, 0) is 0 Å². The number of rotatable bonds is 3. The molecular weight excluding hydrogens is 176 g/mol. The van der Waals surface area contributed by atoms with Crippen molar-refractivity contribution in [2.45, 2.75) is 13.8 Å². The van der Waals surface area contributed by atoms with E-state index in [1.54, 1.807) is 7.11 Å². The van der Waals surface area contributed by atoms with Gasteiger partial charge in [0, 0.05) is 0 Å². The fraction of sp³-hybridized carbons (Fsp3) is 0.273. The lowest BCUT2D eigenvalue weighted by Gasteiger charge is -2.10. The van der Waals surface area contributed by atoms with Gasteiger partial charge in [0.05, 0.1) is 16.6 Å². The minimum absolute atomic E-state index is 0.267. The second-order valence-corrected chi connectivity index (χ2v) is 4.92. The summed E-state index contributed by atoms with van der Waals surface area (Å²) in [6.45, 7) is 8.06. The van der Waals surface area contributed by atoms with E-state index in [0.717, 1.165) is 5.75 Å². The van der Waals surface area contributed by atoms with Gasteiger partial charge in [-0.15, -0.1) is 12.3 Å². The van der Waals surface area contributed by atoms with Crippen LogP contribution in [0, 0.1) is 13.8 Å². The van der Waals surface area contributed by atoms with Gasteiger partial charge in [-0.3, -0.25) is 0 Å². The highest BCUT2D eigenvalue weighted by Crippen LogP contribution is 2.18. The van der Waals surface area contributed by atoms with Crippen molar-refractivity contribution in [1.29, 1.82) is 0 Å². The molecule has 1 aromatic carbocycles. The monoisotopic (exact) mass is 192 g/mol. The van der Waals surface area contributed by atoms with Crippen LogP contribution in [0.3, 0.4) is 0 Å². The first-order chi connectivity index (χ1) is 6.20. The maximum absolute atomic E-state index is 5.25. The molecule has 0 aliphatic carbocycles. The normalized spacial score (nSPS) is 10.7. The van der Waals surface area contributed by atoms with E-state index >= 15 is 0 Å². The Kier molecular flexibility index (Phi) is 3.31. The van der Waals surface area contributed by atoms with E-state index in [2.05, 4.69) is 32.2 Å². The van der Waals surface area contributed by atoms with Crippen molar-refractivity contribution in [3.8, 4) is 5.75 Å². The first-order valence-corrected chi connectivity index (χ1v) is 5.97. The van der Waals surface area contributed by atoms with Crippen LogP contribution in [-0.4, -0.2) is 16.6 Å². The Balaban J connectivity index is 3.14. The lowest BCUT2D eigenvalue weighted by molar-refractivity contribution is 0.411. The maximum atomic E-state index is 5.25. The van der Waals surface area contributed by atoms with Crippen molar-refractivity contribution in [3.63, 3.8) is 0 Å². The summed E-state index contributed by atoms with van der Waals surface area (Å²) in [5.74, 6) is 0.985. The molecule has 1 rings (SSSR count). The summed E-state index contributed by atoms with van der Waals surface area (Å²) in [6.07, 6.45) is 0. The fourth-order valence-electron chi connectivity index (χ4n) is 1.45. The average Bonchev–Trinajstić information content (AvgIpc) is 2.14. The van der Waals surface area contributed by atoms with E-state index < -0.39 is 0 Å². The molecule has 0 aromatic heterocycles. The van der Waals surface area contributed by atoms with Crippen molar-refractivity contribution in [2.24, 2.45) is 0 Å². The molecule has 0 amide bonds. The zero-order valence-electron chi connectivity index (χ0n) is 8.55. The molecule has 0 bridgehead atoms. The molecule has 2 heteroatoms. The molecule has 0 N–H and O–H groups in total. The molecule has 0 heterocycles. The second-order valence-electron chi connectivity index (χ2n) is 3.17. The van der Waals surface area contributed by atoms with Gasteiger partial charge in [-0.1, -0.05) is 11.3 Å². The molecular formula is C11H16OSi. The predicted octanol–water partition coefficient (Wildman–Crippen LogP) is 1.25. The zero-order valence-corrected chi connectivity index (χ0v) is 9.97. The molecule has 0 atom stereocenters. The summed E-state index contributed by atoms with van der Waals surface area (Å²) in [4.78, 5) is 0. The molecule has 1 aromatic rings. The van der Waals surface area contributed by atoms with Gasteiger partial charge in [0.2, 0.25) is 0 Å². The Bertz CT molecular complexity index is 318. The third kappa shape index (κ3) is 2.01. The van der Waals surface area contributed by atoms with Crippen LogP contribution in [0.15, 0.2) is 24.4 Å². The molecule has 0 aliphatic heterocycles. The quantitative estimate of drug-likeness (QED) is 0.655. The molecule has 70 valence electrons. The van der Waals surface area contributed by atoms with E-state index in [4.69, 9.17) is 4.74 Å². The van der Waals surface area contributed by atoms with Crippen LogP contribution in [0.5, 0.6) is 5.75 Å². The lowest BCUT2D eigenvalue weighted by Crippen LogP contribution is -2.16. The van der Waals surface area contributed by atoms with Crippen molar-refractivity contribution in [3.05, 3.63) is 35.5 Å². The molecule has 0 aliphatic rings. The summed E-state index contributed by atoms with van der Waals surface area (Å²) < 4.78 is 5.25. The van der Waals surface area contributed by atoms with Crippen LogP contribution in [0.1, 0.15) is 11.1 Å². The van der Waals surface area contributed by atoms with Gasteiger partial charge in [0.25, 0.3) is 0 Å². The Morgan fingerprint density at radius 3 is 2.54 bits per heavy atom. The Morgan fingerprint density at radius 1 is 1.31 bits per heavy atom. The van der Waals surface area contributed by atoms with Crippen molar-refractivity contribution < 1.29 is 4.74 Å². The second kappa shape index (κ2) is 4.28. The molecule has 0 fully saturated rings. The minimum atomic E-state index is -0.267. The molecule has 0 saturated heterocycles. The summed E-state index contributed by atoms with van der Waals surface area (Å²) in [7, 11) is 1.45. The molecule has 0 radical (unpaired) electrons. The third-order valence-electron chi connectivity index (χ3n) is 2.43. The van der Waals surface area contributed by atoms with Crippen molar-refractivity contribution in [1.82, 2.24) is 0 Å². The number of hydrogen-bond donors (Lipinski definition) is 0. The summed E-state index contributed by atoms with van der Waals surface area (Å²) in [5, 5.41) is 1.47. The maximum Gasteiger partial charge on any atom is 0.122 e. The van der Waals surface area contributed by atoms with E-state index in [1.165, 1.54) is 16.3 Å². The first-order valence-electron chi connectivity index (χ1n) is 4.44. The van der Waals surface area contributed by atoms with Gasteiger partial charge in [-0.2, -0.15) is 0 Å². The number of ether oxygens (including phenoxy) is 1. The van der Waals surface area contributed by atoms with Crippen LogP contribution in [0.4, 0.5) is 0 Å². The molecule has 1 nitrogen and oxygen atoms in total. The van der Waals surface area contributed by atoms with Crippen molar-refractivity contribution >= 4 is 14.7 Å². The molecule has 0 spiro atoms. The summed E-state index contributed by atoms with van der Waals surface area (Å²) >= 11 is 0. The Labute approximate surface area is 82.3 Å². The first kappa shape index (κ1) is 10.1. The smallest absolute Gasteiger partial charge is 0.122 e. The third-order valence-corrected chi connectivity index (χ3v) is 3.93. The standard InChI is InChI=1S/C11H16OSi/c1-5-13-11-7-6-10(12-4)8(2)9(11)3/h5-7H,1,13H2,2-4H3. The minimum Gasteiger partial charge on any atom is -0.496 e. The van der Waals surface area contributed by atoms with Crippen LogP contribution in [0.2, 0.25) is 0 Å². The highest BCUT2D eigenvalue weighted by molar-refractivity contribution is 6.59. The molecule has 0 saturated carbocycles. The topological polar surface area (TPSA) is 9.23 Å². The molecule has 13 heavy (non-hydrogen) atoms. The zero-order chi connectivity index (χ0) is 9.84. The van der Waals surface area contributed by atoms with E-state index in [-0.39, 0.29) is 9.52 Å². The van der Waals surface area contributed by atoms with Gasteiger partial charge < -0.3 is 4.74 Å². The van der Waals surface area contributed by atoms with Gasteiger partial charge >= 0.3 is 0 Å². The highest BCUT2D eigenvalue weighted by Gasteiger charge is 2.04. The molecule has 0 unspecified atom stereocenters. The van der Waals surface area contributed by atoms with E-state index in [0.29, 0.717) is 0 Å². The Morgan fingerprint density at radius 2 is 2.00 bits per heavy atom. The van der Waals surface area contributed by atoms with Crippen molar-refractivity contribution in [2.75, 3.05) is 7.11 Å². The van der Waals surface area contributed by atoms with E-state index in [9.17, 15) is 0 Å². The largest absolute Gasteiger partial charge is 0.496 e. The SMILES string of the molecule is C=C[SiH2]c1ccc(OC)c(C)c1C. The van der Waals surface area contributed by atoms with Crippen LogP contribution in [0.25, 0.3) is 0 Å². The number of hydrogen-bond acceptors (Lipinski definition) is 1. The van der Waals surface area contributed by atoms with E-state index in [1.807, 2.05) is 6.07 Å². The number of methoxy groups -OCH3 is 1. The lowest BCUT2D eigenvalue weighted by atomic mass is 10.1. The Hall–Kier alpha value is -1.02. The predicted molar refractivity (Wildman–Crippen MR) is 60.8 cm³/mol. The van der Waals surface area contributed by atoms with Crippen LogP contribution < -0.4 is 9.92 Å². The van der Waals surface area contributed by atoms with Gasteiger partial charge in [-0.05, 0) is 31.0 Å². The van der Waals surface area contributed by atoms with Gasteiger partial charge in [-0.25, -0.2) is 0 Å². The average molecular weight is 192 g/mol.